The number of fused-ring (bicyclic) bond motifs is 1. The molecule has 12 heteroatoms. The standard InChI is InChI=1S/C26H24BrF2N7OS/c1-26(2,3)38(37)34-23(20-5-4-19(28)11-21(20)29)17-12-30-24(31-13-17)16-6-8-35(9-7-16)25-22-10-18(27)14-36(22)33-15-32-25/h4-6,10-15H,7-9H2,1-3H3/t38-/m0/s1. The predicted molar refractivity (Wildman–Crippen MR) is 147 cm³/mol. The second kappa shape index (κ2) is 10.5. The van der Waals surface area contributed by atoms with E-state index in [9.17, 15) is 13.3 Å². The summed E-state index contributed by atoms with van der Waals surface area (Å²) in [6, 6.07) is 5.17. The van der Waals surface area contributed by atoms with Crippen LogP contribution in [0.1, 0.15) is 44.1 Å². The molecule has 0 saturated carbocycles. The van der Waals surface area contributed by atoms with Crippen molar-refractivity contribution in [3.63, 3.8) is 0 Å². The lowest BCUT2D eigenvalue weighted by molar-refractivity contribution is 0.561. The molecule has 0 radical (unpaired) electrons. The summed E-state index contributed by atoms with van der Waals surface area (Å²) in [6.45, 7) is 6.64. The smallest absolute Gasteiger partial charge is 0.156 e. The van der Waals surface area contributed by atoms with E-state index in [2.05, 4.69) is 51.4 Å². The van der Waals surface area contributed by atoms with Crippen LogP contribution in [-0.2, 0) is 11.4 Å². The Morgan fingerprint density at radius 1 is 1.13 bits per heavy atom. The second-order valence-electron chi connectivity index (χ2n) is 9.72. The van der Waals surface area contributed by atoms with Gasteiger partial charge in [-0.25, -0.2) is 28.2 Å². The van der Waals surface area contributed by atoms with Crippen LogP contribution in [-0.4, -0.2) is 52.7 Å². The summed E-state index contributed by atoms with van der Waals surface area (Å²) in [6.07, 6.45) is 9.23. The van der Waals surface area contributed by atoms with Crippen LogP contribution in [0, 0.1) is 11.6 Å². The van der Waals surface area contributed by atoms with Gasteiger partial charge in [0.1, 0.15) is 45.3 Å². The highest BCUT2D eigenvalue weighted by atomic mass is 79.9. The van der Waals surface area contributed by atoms with Gasteiger partial charge in [0, 0.05) is 53.3 Å². The van der Waals surface area contributed by atoms with E-state index < -0.39 is 27.7 Å². The van der Waals surface area contributed by atoms with Gasteiger partial charge in [-0.1, -0.05) is 10.5 Å². The fourth-order valence-corrected chi connectivity index (χ4v) is 5.02. The van der Waals surface area contributed by atoms with E-state index in [1.807, 2.05) is 12.3 Å². The lowest BCUT2D eigenvalue weighted by Gasteiger charge is -2.27. The van der Waals surface area contributed by atoms with Crippen molar-refractivity contribution in [2.75, 3.05) is 18.0 Å². The monoisotopic (exact) mass is 599 g/mol. The van der Waals surface area contributed by atoms with Gasteiger partial charge in [0.05, 0.1) is 0 Å². The van der Waals surface area contributed by atoms with Gasteiger partial charge in [-0.15, -0.1) is 0 Å². The molecule has 0 bridgehead atoms. The van der Waals surface area contributed by atoms with Crippen molar-refractivity contribution in [2.45, 2.75) is 31.9 Å². The van der Waals surface area contributed by atoms with Gasteiger partial charge in [-0.05, 0) is 66.9 Å². The van der Waals surface area contributed by atoms with Crippen LogP contribution < -0.4 is 4.90 Å². The summed E-state index contributed by atoms with van der Waals surface area (Å²) in [5.41, 5.74) is 2.40. The SMILES string of the molecule is CC(C)(C)[S@+]([O-])N=C(c1cnc(C2=CCN(c3ncnn4cc(Br)cc34)CC2)nc1)c1ccc(F)cc1F. The minimum atomic E-state index is -1.68. The number of rotatable bonds is 5. The van der Waals surface area contributed by atoms with Crippen LogP contribution in [0.3, 0.4) is 0 Å². The van der Waals surface area contributed by atoms with E-state index in [0.29, 0.717) is 30.9 Å². The Kier molecular flexibility index (Phi) is 7.30. The van der Waals surface area contributed by atoms with Crippen LogP contribution in [0.2, 0.25) is 0 Å². The Morgan fingerprint density at radius 2 is 1.89 bits per heavy atom. The first-order valence-corrected chi connectivity index (χ1v) is 13.7. The topological polar surface area (TPSA) is 94.6 Å². The highest BCUT2D eigenvalue weighted by molar-refractivity contribution is 9.10. The molecule has 0 unspecified atom stereocenters. The quantitative estimate of drug-likeness (QED) is 0.232. The molecule has 0 spiro atoms. The first-order chi connectivity index (χ1) is 18.1. The Morgan fingerprint density at radius 3 is 2.55 bits per heavy atom. The molecule has 5 rings (SSSR count). The largest absolute Gasteiger partial charge is 0.591 e. The molecule has 38 heavy (non-hydrogen) atoms. The predicted octanol–water partition coefficient (Wildman–Crippen LogP) is 5.15. The van der Waals surface area contributed by atoms with Gasteiger partial charge >= 0.3 is 0 Å². The number of nitrogens with zero attached hydrogens (tertiary/aromatic N) is 7. The fourth-order valence-electron chi connectivity index (χ4n) is 3.97. The summed E-state index contributed by atoms with van der Waals surface area (Å²) in [5, 5.41) is 4.25. The van der Waals surface area contributed by atoms with Crippen LogP contribution >= 0.6 is 15.9 Å². The van der Waals surface area contributed by atoms with E-state index in [-0.39, 0.29) is 11.3 Å². The third-order valence-corrected chi connectivity index (χ3v) is 7.79. The normalized spacial score (nSPS) is 15.6. The maximum atomic E-state index is 14.7. The molecule has 1 aliphatic rings. The van der Waals surface area contributed by atoms with Crippen molar-refractivity contribution in [1.82, 2.24) is 24.6 Å². The number of hydrogen-bond donors (Lipinski definition) is 0. The van der Waals surface area contributed by atoms with Crippen molar-refractivity contribution in [1.29, 1.82) is 0 Å². The second-order valence-corrected chi connectivity index (χ2v) is 12.5. The minimum Gasteiger partial charge on any atom is -0.591 e. The molecule has 1 aromatic carbocycles. The number of aromatic nitrogens is 5. The molecule has 1 atom stereocenters. The number of halogens is 3. The van der Waals surface area contributed by atoms with E-state index in [0.717, 1.165) is 33.5 Å². The Labute approximate surface area is 230 Å². The van der Waals surface area contributed by atoms with Crippen LogP contribution in [0.4, 0.5) is 14.6 Å². The molecular formula is C26H24BrF2N7OS. The van der Waals surface area contributed by atoms with Crippen molar-refractivity contribution in [2.24, 2.45) is 4.40 Å². The van der Waals surface area contributed by atoms with Crippen molar-refractivity contribution >= 4 is 49.9 Å². The summed E-state index contributed by atoms with van der Waals surface area (Å²) in [4.78, 5) is 15.6. The Hall–Kier alpha value is -3.22. The lowest BCUT2D eigenvalue weighted by Crippen LogP contribution is -2.30. The highest BCUT2D eigenvalue weighted by Crippen LogP contribution is 2.28. The Bertz CT molecular complexity index is 1550. The van der Waals surface area contributed by atoms with Gasteiger partial charge in [-0.2, -0.15) is 5.10 Å². The van der Waals surface area contributed by atoms with Crippen molar-refractivity contribution in [3.8, 4) is 0 Å². The number of benzene rings is 1. The zero-order valence-corrected chi connectivity index (χ0v) is 23.3. The van der Waals surface area contributed by atoms with Crippen LogP contribution in [0.15, 0.2) is 64.1 Å². The van der Waals surface area contributed by atoms with Gasteiger partial charge < -0.3 is 9.45 Å². The highest BCUT2D eigenvalue weighted by Gasteiger charge is 2.29. The summed E-state index contributed by atoms with van der Waals surface area (Å²) in [7, 11) is 0. The average molecular weight is 600 g/mol. The molecular weight excluding hydrogens is 576 g/mol. The molecule has 0 fully saturated rings. The maximum Gasteiger partial charge on any atom is 0.156 e. The zero-order valence-electron chi connectivity index (χ0n) is 20.9. The third kappa shape index (κ3) is 5.47. The third-order valence-electron chi connectivity index (χ3n) is 5.96. The zero-order chi connectivity index (χ0) is 27.0. The lowest BCUT2D eigenvalue weighted by atomic mass is 10.0. The van der Waals surface area contributed by atoms with E-state index >= 15 is 0 Å². The van der Waals surface area contributed by atoms with Crippen molar-refractivity contribution in [3.05, 3.63) is 88.3 Å². The van der Waals surface area contributed by atoms with E-state index in [1.165, 1.54) is 24.8 Å². The molecule has 196 valence electrons. The number of hydrogen-bond acceptors (Lipinski definition) is 7. The summed E-state index contributed by atoms with van der Waals surface area (Å²) < 4.78 is 47.4. The molecule has 0 saturated heterocycles. The van der Waals surface area contributed by atoms with Gasteiger partial charge in [0.25, 0.3) is 0 Å². The fraction of sp³-hybridized carbons (Fsp3) is 0.269. The molecule has 3 aromatic heterocycles. The maximum absolute atomic E-state index is 14.7. The minimum absolute atomic E-state index is 0.0288. The molecule has 8 nitrogen and oxygen atoms in total. The van der Waals surface area contributed by atoms with Gasteiger partial charge in [0.15, 0.2) is 11.6 Å². The summed E-state index contributed by atoms with van der Waals surface area (Å²) >= 11 is 1.80. The number of anilines is 1. The van der Waals surface area contributed by atoms with Crippen LogP contribution in [0.25, 0.3) is 11.1 Å². The molecule has 0 amide bonds. The van der Waals surface area contributed by atoms with Crippen molar-refractivity contribution < 1.29 is 13.3 Å². The first-order valence-electron chi connectivity index (χ1n) is 11.8. The summed E-state index contributed by atoms with van der Waals surface area (Å²) in [5.74, 6) is -0.129. The van der Waals surface area contributed by atoms with Gasteiger partial charge in [0.2, 0.25) is 0 Å². The van der Waals surface area contributed by atoms with Gasteiger partial charge in [-0.3, -0.25) is 0 Å². The molecule has 4 heterocycles. The average Bonchev–Trinajstić information content (AvgIpc) is 3.27. The van der Waals surface area contributed by atoms with Crippen LogP contribution in [0.5, 0.6) is 0 Å². The molecule has 0 N–H and O–H groups in total. The van der Waals surface area contributed by atoms with E-state index in [1.54, 1.807) is 25.3 Å². The molecule has 4 aromatic rings. The first kappa shape index (κ1) is 26.4. The van der Waals surface area contributed by atoms with E-state index in [4.69, 9.17) is 0 Å². The molecule has 1 aliphatic heterocycles. The molecule has 0 aliphatic carbocycles. The Balaban J connectivity index is 1.41.